The lowest BCUT2D eigenvalue weighted by Gasteiger charge is -2.14. The molecule has 1 aromatic rings. The maximum absolute atomic E-state index is 5.68. The average molecular weight is 382 g/mol. The molecule has 0 spiro atoms. The molecule has 154 valence electrons. The minimum atomic E-state index is 0.619. The van der Waals surface area contributed by atoms with Crippen LogP contribution < -0.4 is 20.1 Å². The third-order valence-electron chi connectivity index (χ3n) is 3.73. The highest BCUT2D eigenvalue weighted by atomic mass is 16.5. The summed E-state index contributed by atoms with van der Waals surface area (Å²) < 4.78 is 21.7. The van der Waals surface area contributed by atoms with Crippen molar-refractivity contribution in [1.29, 1.82) is 0 Å². The first kappa shape index (κ1) is 23.0. The van der Waals surface area contributed by atoms with E-state index < -0.39 is 0 Å². The van der Waals surface area contributed by atoms with Crippen LogP contribution in [0.3, 0.4) is 0 Å². The summed E-state index contributed by atoms with van der Waals surface area (Å²) in [5.41, 5.74) is 1.19. The van der Waals surface area contributed by atoms with Crippen LogP contribution in [-0.4, -0.2) is 66.2 Å². The Morgan fingerprint density at radius 2 is 1.70 bits per heavy atom. The second-order valence-corrected chi connectivity index (χ2v) is 5.78. The predicted molar refractivity (Wildman–Crippen MR) is 109 cm³/mol. The summed E-state index contributed by atoms with van der Waals surface area (Å²) in [6, 6.07) is 6.09. The summed E-state index contributed by atoms with van der Waals surface area (Å²) in [6.07, 6.45) is 1.79. The molecule has 1 rings (SSSR count). The standard InChI is InChI=1S/C20H35N3O4/c1-5-26-18-9-8-17(16-19(18)27-6-2)10-12-23-20(21-3)22-11-7-13-25-15-14-24-4/h8-9,16H,5-7,10-15H2,1-4H3,(H2,21,22,23). The molecule has 0 radical (unpaired) electrons. The molecule has 1 aromatic carbocycles. The van der Waals surface area contributed by atoms with Gasteiger partial charge in [0.1, 0.15) is 0 Å². The number of guanidine groups is 1. The number of aliphatic imine (C=N–C) groups is 1. The van der Waals surface area contributed by atoms with Crippen LogP contribution in [0.25, 0.3) is 0 Å². The van der Waals surface area contributed by atoms with Crippen molar-refractivity contribution in [2.75, 3.05) is 60.3 Å². The Bertz CT molecular complexity index is 538. The molecule has 7 heteroatoms. The highest BCUT2D eigenvalue weighted by Gasteiger charge is 2.06. The molecule has 0 saturated heterocycles. The fourth-order valence-electron chi connectivity index (χ4n) is 2.42. The summed E-state index contributed by atoms with van der Waals surface area (Å²) in [6.45, 7) is 8.75. The van der Waals surface area contributed by atoms with E-state index in [-0.39, 0.29) is 0 Å². The van der Waals surface area contributed by atoms with Crippen LogP contribution in [0.4, 0.5) is 0 Å². The van der Waals surface area contributed by atoms with Crippen molar-refractivity contribution in [3.05, 3.63) is 23.8 Å². The number of hydrogen-bond donors (Lipinski definition) is 2. The summed E-state index contributed by atoms with van der Waals surface area (Å²) in [5.74, 6) is 2.39. The largest absolute Gasteiger partial charge is 0.490 e. The monoisotopic (exact) mass is 381 g/mol. The van der Waals surface area contributed by atoms with E-state index >= 15 is 0 Å². The smallest absolute Gasteiger partial charge is 0.190 e. The third-order valence-corrected chi connectivity index (χ3v) is 3.73. The minimum Gasteiger partial charge on any atom is -0.490 e. The van der Waals surface area contributed by atoms with Crippen molar-refractivity contribution in [2.24, 2.45) is 4.99 Å². The summed E-state index contributed by atoms with van der Waals surface area (Å²) in [5, 5.41) is 6.61. The SMILES string of the molecule is CCOc1ccc(CCNC(=NC)NCCCOCCOC)cc1OCC. The van der Waals surface area contributed by atoms with E-state index in [4.69, 9.17) is 18.9 Å². The van der Waals surface area contributed by atoms with Gasteiger partial charge >= 0.3 is 0 Å². The van der Waals surface area contributed by atoms with Gasteiger partial charge in [0.25, 0.3) is 0 Å². The highest BCUT2D eigenvalue weighted by molar-refractivity contribution is 5.79. The number of hydrogen-bond acceptors (Lipinski definition) is 5. The first-order valence-corrected chi connectivity index (χ1v) is 9.64. The lowest BCUT2D eigenvalue weighted by molar-refractivity contribution is 0.0698. The Kier molecular flexibility index (Phi) is 12.9. The van der Waals surface area contributed by atoms with Crippen molar-refractivity contribution in [2.45, 2.75) is 26.7 Å². The van der Waals surface area contributed by atoms with Crippen LogP contribution in [0.15, 0.2) is 23.2 Å². The molecular weight excluding hydrogens is 346 g/mol. The molecule has 0 aliphatic heterocycles. The third kappa shape index (κ3) is 10.1. The molecule has 0 unspecified atom stereocenters. The van der Waals surface area contributed by atoms with Crippen molar-refractivity contribution >= 4 is 5.96 Å². The molecule has 0 amide bonds. The number of nitrogens with one attached hydrogen (secondary N) is 2. The summed E-state index contributed by atoms with van der Waals surface area (Å²) >= 11 is 0. The van der Waals surface area contributed by atoms with Crippen LogP contribution in [0.2, 0.25) is 0 Å². The van der Waals surface area contributed by atoms with Gasteiger partial charge in [0.2, 0.25) is 0 Å². The summed E-state index contributed by atoms with van der Waals surface area (Å²) in [7, 11) is 3.44. The Morgan fingerprint density at radius 1 is 0.963 bits per heavy atom. The molecule has 2 N–H and O–H groups in total. The fraction of sp³-hybridized carbons (Fsp3) is 0.650. The van der Waals surface area contributed by atoms with Gasteiger partial charge in [-0.3, -0.25) is 4.99 Å². The Morgan fingerprint density at radius 3 is 2.41 bits per heavy atom. The van der Waals surface area contributed by atoms with Gasteiger partial charge in [0.05, 0.1) is 26.4 Å². The predicted octanol–water partition coefficient (Wildman–Crippen LogP) is 2.24. The van der Waals surface area contributed by atoms with E-state index in [0.717, 1.165) is 43.4 Å². The molecule has 27 heavy (non-hydrogen) atoms. The number of ether oxygens (including phenoxy) is 4. The summed E-state index contributed by atoms with van der Waals surface area (Å²) in [4.78, 5) is 4.24. The molecular formula is C20H35N3O4. The van der Waals surface area contributed by atoms with Gasteiger partial charge in [-0.05, 0) is 44.4 Å². The van der Waals surface area contributed by atoms with Crippen LogP contribution in [0, 0.1) is 0 Å². The van der Waals surface area contributed by atoms with Gasteiger partial charge in [0.15, 0.2) is 17.5 Å². The zero-order chi connectivity index (χ0) is 19.7. The van der Waals surface area contributed by atoms with Gasteiger partial charge < -0.3 is 29.6 Å². The van der Waals surface area contributed by atoms with Crippen molar-refractivity contribution in [3.63, 3.8) is 0 Å². The quantitative estimate of drug-likeness (QED) is 0.293. The van der Waals surface area contributed by atoms with E-state index in [1.165, 1.54) is 5.56 Å². The highest BCUT2D eigenvalue weighted by Crippen LogP contribution is 2.28. The average Bonchev–Trinajstić information content (AvgIpc) is 2.68. The van der Waals surface area contributed by atoms with Crippen molar-refractivity contribution in [1.82, 2.24) is 10.6 Å². The van der Waals surface area contributed by atoms with Gasteiger partial charge in [-0.25, -0.2) is 0 Å². The maximum atomic E-state index is 5.68. The first-order chi connectivity index (χ1) is 13.2. The number of methoxy groups -OCH3 is 1. The first-order valence-electron chi connectivity index (χ1n) is 9.64. The zero-order valence-electron chi connectivity index (χ0n) is 17.2. The molecule has 0 aliphatic rings. The van der Waals surface area contributed by atoms with E-state index in [2.05, 4.69) is 21.7 Å². The normalized spacial score (nSPS) is 11.3. The molecule has 0 aliphatic carbocycles. The van der Waals surface area contributed by atoms with E-state index in [9.17, 15) is 0 Å². The molecule has 0 bridgehead atoms. The lowest BCUT2D eigenvalue weighted by Crippen LogP contribution is -2.39. The van der Waals surface area contributed by atoms with Crippen LogP contribution in [0.1, 0.15) is 25.8 Å². The van der Waals surface area contributed by atoms with Gasteiger partial charge in [0, 0.05) is 33.9 Å². The van der Waals surface area contributed by atoms with E-state index in [0.29, 0.717) is 33.0 Å². The molecule has 0 atom stereocenters. The van der Waals surface area contributed by atoms with E-state index in [1.807, 2.05) is 26.0 Å². The maximum Gasteiger partial charge on any atom is 0.190 e. The Hall–Kier alpha value is -1.99. The molecule has 0 heterocycles. The Labute approximate surface area is 163 Å². The zero-order valence-corrected chi connectivity index (χ0v) is 17.2. The number of benzene rings is 1. The van der Waals surface area contributed by atoms with Crippen molar-refractivity contribution < 1.29 is 18.9 Å². The number of rotatable bonds is 14. The second kappa shape index (κ2) is 15.1. The van der Waals surface area contributed by atoms with Gasteiger partial charge in [-0.2, -0.15) is 0 Å². The molecule has 0 saturated carbocycles. The second-order valence-electron chi connectivity index (χ2n) is 5.78. The van der Waals surface area contributed by atoms with Crippen LogP contribution in [-0.2, 0) is 15.9 Å². The lowest BCUT2D eigenvalue weighted by atomic mass is 10.1. The van der Waals surface area contributed by atoms with E-state index in [1.54, 1.807) is 14.2 Å². The molecule has 0 fully saturated rings. The molecule has 7 nitrogen and oxygen atoms in total. The van der Waals surface area contributed by atoms with Gasteiger partial charge in [-0.15, -0.1) is 0 Å². The number of nitrogens with zero attached hydrogens (tertiary/aromatic N) is 1. The fourth-order valence-corrected chi connectivity index (χ4v) is 2.42. The van der Waals surface area contributed by atoms with Gasteiger partial charge in [-0.1, -0.05) is 6.07 Å². The minimum absolute atomic E-state index is 0.619. The van der Waals surface area contributed by atoms with Crippen LogP contribution >= 0.6 is 0 Å². The topological polar surface area (TPSA) is 73.3 Å². The Balaban J connectivity index is 2.32. The molecule has 0 aromatic heterocycles. The van der Waals surface area contributed by atoms with Crippen LogP contribution in [0.5, 0.6) is 11.5 Å². The van der Waals surface area contributed by atoms with Crippen molar-refractivity contribution in [3.8, 4) is 11.5 Å².